The van der Waals surface area contributed by atoms with Crippen LogP contribution in [0.5, 0.6) is 5.75 Å². The fraction of sp³-hybridized carbons (Fsp3) is 0.622. The molecular weight excluding hydrogens is 749 g/mol. The standard InChI is InChI=1S/C45H65Cl2N3O4S/c1-4-6-7-8-9-10-11-12-13-14-15-16-17-18-19-20-27-55(52)43-29-34-28-42(50(43)32-33(34)5-2)44(54-45(51)49-35-21-23-39(46)40(47)30-35)37-25-26-48-41-24-22-36(53-3)31-38(37)41/h5,21-25,30-31,33-34,42-44,48H,2,4,6-20,26-29,32H2,1,3H3,(H,49,51)/t33-,34?,42-,43?,44+,55?/m0/s1. The first-order chi connectivity index (χ1) is 26.8. The number of fused-ring (bicyclic) bond motifs is 4. The van der Waals surface area contributed by atoms with Crippen LogP contribution < -0.4 is 15.4 Å². The number of hydrogen-bond donors (Lipinski definition) is 2. The van der Waals surface area contributed by atoms with Gasteiger partial charge in [-0.3, -0.25) is 14.4 Å². The van der Waals surface area contributed by atoms with Crippen molar-refractivity contribution in [3.8, 4) is 5.75 Å². The lowest BCUT2D eigenvalue weighted by atomic mass is 9.72. The number of rotatable bonds is 24. The van der Waals surface area contributed by atoms with Gasteiger partial charge in [0.05, 0.1) is 28.6 Å². The topological polar surface area (TPSA) is 79.9 Å². The number of ether oxygens (including phenoxy) is 2. The Kier molecular flexibility index (Phi) is 18.3. The summed E-state index contributed by atoms with van der Waals surface area (Å²) in [5.41, 5.74) is 3.31. The van der Waals surface area contributed by atoms with Crippen LogP contribution >= 0.6 is 23.2 Å². The van der Waals surface area contributed by atoms with E-state index >= 15 is 0 Å². The fourth-order valence-corrected chi connectivity index (χ4v) is 10.8. The molecule has 4 unspecified atom stereocenters. The smallest absolute Gasteiger partial charge is 0.412 e. The summed E-state index contributed by atoms with van der Waals surface area (Å²) in [6.45, 7) is 7.79. The van der Waals surface area contributed by atoms with Crippen LogP contribution in [-0.4, -0.2) is 58.7 Å². The SMILES string of the molecule is C=C[C@H]1CN2C(S(=O)CCCCCCCCCCCCCCCCCC)CC1C[C@H]2[C@H](OC(=O)Nc1ccc(Cl)c(Cl)c1)C1=CCNc2ccc(OC)cc21. The van der Waals surface area contributed by atoms with Crippen LogP contribution in [0, 0.1) is 11.8 Å². The number of hydrogen-bond acceptors (Lipinski definition) is 6. The second-order valence-corrected chi connectivity index (χ2v) is 18.3. The molecular formula is C45H65Cl2N3O4S. The maximum atomic E-state index is 14.1. The summed E-state index contributed by atoms with van der Waals surface area (Å²) in [4.78, 5) is 16.1. The lowest BCUT2D eigenvalue weighted by Gasteiger charge is -2.55. The number of methoxy groups -OCH3 is 1. The monoisotopic (exact) mass is 813 g/mol. The first kappa shape index (κ1) is 43.6. The van der Waals surface area contributed by atoms with Gasteiger partial charge in [-0.25, -0.2) is 4.79 Å². The van der Waals surface area contributed by atoms with Gasteiger partial charge in [-0.1, -0.05) is 139 Å². The Labute approximate surface area is 343 Å². The van der Waals surface area contributed by atoms with Gasteiger partial charge in [0.2, 0.25) is 0 Å². The van der Waals surface area contributed by atoms with Crippen LogP contribution in [0.15, 0.2) is 55.1 Å². The van der Waals surface area contributed by atoms with E-state index in [4.69, 9.17) is 32.7 Å². The van der Waals surface area contributed by atoms with Gasteiger partial charge in [0.25, 0.3) is 0 Å². The molecule has 10 heteroatoms. The lowest BCUT2D eigenvalue weighted by Crippen LogP contribution is -2.63. The Morgan fingerprint density at radius 1 is 0.927 bits per heavy atom. The predicted molar refractivity (Wildman–Crippen MR) is 233 cm³/mol. The van der Waals surface area contributed by atoms with E-state index in [1.54, 1.807) is 25.3 Å². The highest BCUT2D eigenvalue weighted by Gasteiger charge is 2.50. The third-order valence-electron chi connectivity index (χ3n) is 11.9. The number of halogens is 2. The van der Waals surface area contributed by atoms with Gasteiger partial charge in [0, 0.05) is 52.2 Å². The number of carbonyl (C=O) groups excluding carboxylic acids is 1. The van der Waals surface area contributed by atoms with Crippen LogP contribution in [-0.2, 0) is 15.5 Å². The largest absolute Gasteiger partial charge is 0.497 e. The van der Waals surface area contributed by atoms with Gasteiger partial charge in [0.15, 0.2) is 0 Å². The Morgan fingerprint density at radius 2 is 1.58 bits per heavy atom. The van der Waals surface area contributed by atoms with Crippen LogP contribution in [0.1, 0.15) is 128 Å². The van der Waals surface area contributed by atoms with Crippen molar-refractivity contribution in [1.82, 2.24) is 4.90 Å². The van der Waals surface area contributed by atoms with E-state index < -0.39 is 23.0 Å². The van der Waals surface area contributed by atoms with Crippen LogP contribution in [0.25, 0.3) is 5.57 Å². The molecule has 0 spiro atoms. The van der Waals surface area contributed by atoms with E-state index in [9.17, 15) is 9.00 Å². The Hall–Kier alpha value is -2.52. The molecule has 1 amide bonds. The van der Waals surface area contributed by atoms with E-state index in [0.717, 1.165) is 54.8 Å². The number of unbranched alkanes of at least 4 members (excludes halogenated alkanes) is 15. The molecule has 4 aliphatic heterocycles. The minimum absolute atomic E-state index is 0.0902. The molecule has 4 aliphatic rings. The maximum absolute atomic E-state index is 14.1. The molecule has 304 valence electrons. The van der Waals surface area contributed by atoms with E-state index in [0.29, 0.717) is 39.9 Å². The number of amides is 1. The summed E-state index contributed by atoms with van der Waals surface area (Å²) in [6.07, 6.45) is 25.8. The van der Waals surface area contributed by atoms with Crippen molar-refractivity contribution in [2.24, 2.45) is 11.8 Å². The number of benzene rings is 2. The van der Waals surface area contributed by atoms with Crippen LogP contribution in [0.3, 0.4) is 0 Å². The molecule has 2 bridgehead atoms. The van der Waals surface area contributed by atoms with Crippen molar-refractivity contribution < 1.29 is 18.5 Å². The average molecular weight is 815 g/mol. The maximum Gasteiger partial charge on any atom is 0.412 e. The second-order valence-electron chi connectivity index (χ2n) is 15.8. The quantitative estimate of drug-likeness (QED) is 0.0812. The Balaban J connectivity index is 1.17. The van der Waals surface area contributed by atoms with Crippen molar-refractivity contribution in [1.29, 1.82) is 0 Å². The van der Waals surface area contributed by atoms with Gasteiger partial charge in [-0.05, 0) is 67.5 Å². The number of nitrogens with zero attached hydrogens (tertiary/aromatic N) is 1. The number of piperidine rings is 3. The number of carbonyl (C=O) groups is 1. The summed E-state index contributed by atoms with van der Waals surface area (Å²) in [5, 5.41) is 6.99. The van der Waals surface area contributed by atoms with Crippen LogP contribution in [0.2, 0.25) is 10.0 Å². The predicted octanol–water partition coefficient (Wildman–Crippen LogP) is 12.7. The average Bonchev–Trinajstić information content (AvgIpc) is 3.20. The normalized spacial score (nSPS) is 22.5. The fourth-order valence-electron chi connectivity index (χ4n) is 8.78. The summed E-state index contributed by atoms with van der Waals surface area (Å²) >= 11 is 12.4. The first-order valence-corrected chi connectivity index (χ1v) is 23.3. The molecule has 0 aliphatic carbocycles. The molecule has 2 aromatic rings. The number of nitrogens with one attached hydrogen (secondary N) is 2. The van der Waals surface area contributed by atoms with Gasteiger partial charge < -0.3 is 14.8 Å². The Bertz CT molecular complexity index is 1590. The number of anilines is 2. The van der Waals surface area contributed by atoms with E-state index in [-0.39, 0.29) is 11.4 Å². The Morgan fingerprint density at radius 3 is 2.18 bits per heavy atom. The van der Waals surface area contributed by atoms with Crippen molar-refractivity contribution in [3.05, 3.63) is 70.7 Å². The molecule has 7 atom stereocenters. The van der Waals surface area contributed by atoms with Gasteiger partial charge in [-0.2, -0.15) is 0 Å². The molecule has 0 aromatic heterocycles. The zero-order chi connectivity index (χ0) is 39.0. The van der Waals surface area contributed by atoms with E-state index in [1.807, 2.05) is 18.2 Å². The molecule has 4 heterocycles. The van der Waals surface area contributed by atoms with Crippen molar-refractivity contribution in [3.63, 3.8) is 0 Å². The minimum atomic E-state index is -1.03. The zero-order valence-corrected chi connectivity index (χ0v) is 35.6. The highest BCUT2D eigenvalue weighted by Crippen LogP contribution is 2.46. The summed E-state index contributed by atoms with van der Waals surface area (Å²) in [7, 11) is 0.628. The first-order valence-electron chi connectivity index (χ1n) is 21.1. The molecule has 55 heavy (non-hydrogen) atoms. The highest BCUT2D eigenvalue weighted by molar-refractivity contribution is 7.85. The zero-order valence-electron chi connectivity index (χ0n) is 33.3. The summed E-state index contributed by atoms with van der Waals surface area (Å²) in [6, 6.07) is 10.7. The van der Waals surface area contributed by atoms with Gasteiger partial charge in [-0.15, -0.1) is 6.58 Å². The molecule has 3 saturated heterocycles. The van der Waals surface area contributed by atoms with Crippen molar-refractivity contribution in [2.45, 2.75) is 140 Å². The van der Waals surface area contributed by atoms with E-state index in [1.165, 1.54) is 89.9 Å². The summed E-state index contributed by atoms with van der Waals surface area (Å²) < 4.78 is 26.2. The molecule has 2 aromatic carbocycles. The van der Waals surface area contributed by atoms with Crippen molar-refractivity contribution in [2.75, 3.05) is 36.6 Å². The third-order valence-corrected chi connectivity index (χ3v) is 14.4. The third kappa shape index (κ3) is 12.7. The van der Waals surface area contributed by atoms with Crippen molar-refractivity contribution >= 4 is 57.0 Å². The highest BCUT2D eigenvalue weighted by atomic mass is 35.5. The van der Waals surface area contributed by atoms with Gasteiger partial charge >= 0.3 is 6.09 Å². The van der Waals surface area contributed by atoms with E-state index in [2.05, 4.69) is 41.2 Å². The second kappa shape index (κ2) is 23.0. The lowest BCUT2D eigenvalue weighted by molar-refractivity contribution is -0.0401. The minimum Gasteiger partial charge on any atom is -0.497 e. The molecule has 7 nitrogen and oxygen atoms in total. The summed E-state index contributed by atoms with van der Waals surface area (Å²) in [5.74, 6) is 2.04. The van der Waals surface area contributed by atoms with Gasteiger partial charge in [0.1, 0.15) is 11.9 Å². The molecule has 2 N–H and O–H groups in total. The molecule has 0 radical (unpaired) electrons. The van der Waals surface area contributed by atoms with Crippen LogP contribution in [0.4, 0.5) is 16.2 Å². The molecule has 3 fully saturated rings. The molecule has 6 rings (SSSR count). The molecule has 0 saturated carbocycles.